The van der Waals surface area contributed by atoms with Gasteiger partial charge in [-0.25, -0.2) is 0 Å². The van der Waals surface area contributed by atoms with Gasteiger partial charge in [0.1, 0.15) is 11.5 Å². The van der Waals surface area contributed by atoms with E-state index in [-0.39, 0.29) is 6.71 Å². The van der Waals surface area contributed by atoms with Gasteiger partial charge in [0.2, 0.25) is 0 Å². The van der Waals surface area contributed by atoms with Crippen molar-refractivity contribution in [3.63, 3.8) is 0 Å². The van der Waals surface area contributed by atoms with Gasteiger partial charge in [-0.1, -0.05) is 120 Å². The van der Waals surface area contributed by atoms with Crippen molar-refractivity contribution < 1.29 is 4.74 Å². The van der Waals surface area contributed by atoms with Crippen LogP contribution in [0.4, 0.5) is 51.2 Å². The molecule has 0 saturated heterocycles. The zero-order valence-corrected chi connectivity index (χ0v) is 35.3. The third-order valence-electron chi connectivity index (χ3n) is 12.0. The van der Waals surface area contributed by atoms with Gasteiger partial charge in [0.05, 0.1) is 17.1 Å². The largest absolute Gasteiger partial charge is 0.458 e. The number of benzene rings is 9. The Kier molecular flexibility index (Phi) is 9.16. The Morgan fingerprint density at radius 1 is 0.419 bits per heavy atom. The fourth-order valence-corrected chi connectivity index (χ4v) is 11.5. The van der Waals surface area contributed by atoms with Crippen LogP contribution < -0.4 is 35.8 Å². The molecule has 0 unspecified atom stereocenters. The van der Waals surface area contributed by atoms with E-state index in [9.17, 15) is 0 Å². The van der Waals surface area contributed by atoms with Gasteiger partial charge < -0.3 is 19.4 Å². The fourth-order valence-electron chi connectivity index (χ4n) is 9.26. The standard InChI is InChI=1S/C55H38BN3OS2/c1-5-17-39(18-6-1)57(40-19-7-2-8-20-40)43-30-29-38-37-61-54-36-45(59-48-25-13-15-27-52(48)62-53-28-16-14-26-49(53)59)35-51-55(54)56(46(38)33-43)47-34-44(31-32-50(47)60-51)58(41-21-9-3-10-22-41)42-23-11-4-12-24-42/h1-36H,37H2. The quantitative estimate of drug-likeness (QED) is 0.148. The molecular formula is C55H38BN3OS2. The van der Waals surface area contributed by atoms with Crippen molar-refractivity contribution in [2.75, 3.05) is 14.7 Å². The first-order chi connectivity index (χ1) is 30.7. The normalized spacial score (nSPS) is 13.0. The predicted octanol–water partition coefficient (Wildman–Crippen LogP) is 13.8. The summed E-state index contributed by atoms with van der Waals surface area (Å²) >= 11 is 3.74. The average molecular weight is 832 g/mol. The van der Waals surface area contributed by atoms with Crippen molar-refractivity contribution in [1.82, 2.24) is 0 Å². The summed E-state index contributed by atoms with van der Waals surface area (Å²) in [5.41, 5.74) is 15.0. The van der Waals surface area contributed by atoms with E-state index in [0.717, 1.165) is 62.5 Å². The number of hydrogen-bond donors (Lipinski definition) is 0. The minimum absolute atomic E-state index is 0.0963. The van der Waals surface area contributed by atoms with Gasteiger partial charge >= 0.3 is 0 Å². The summed E-state index contributed by atoms with van der Waals surface area (Å²) in [6.07, 6.45) is 0. The second-order valence-corrected chi connectivity index (χ2v) is 17.8. The molecule has 9 aromatic carbocycles. The smallest absolute Gasteiger partial charge is 0.252 e. The lowest BCUT2D eigenvalue weighted by Crippen LogP contribution is -2.56. The molecule has 0 radical (unpaired) electrons. The number of rotatable bonds is 7. The van der Waals surface area contributed by atoms with E-state index < -0.39 is 0 Å². The number of thioether (sulfide) groups is 1. The van der Waals surface area contributed by atoms with E-state index in [1.165, 1.54) is 42.6 Å². The maximum absolute atomic E-state index is 7.19. The van der Waals surface area contributed by atoms with Crippen molar-refractivity contribution in [3.8, 4) is 11.5 Å². The number of anilines is 9. The molecule has 12 rings (SSSR count). The summed E-state index contributed by atoms with van der Waals surface area (Å²) in [6, 6.07) is 78.7. The first-order valence-electron chi connectivity index (χ1n) is 21.0. The minimum atomic E-state index is -0.0963. The highest BCUT2D eigenvalue weighted by Crippen LogP contribution is 2.52. The zero-order valence-electron chi connectivity index (χ0n) is 33.6. The molecule has 9 aromatic rings. The van der Waals surface area contributed by atoms with E-state index >= 15 is 0 Å². The van der Waals surface area contributed by atoms with E-state index in [4.69, 9.17) is 4.74 Å². The molecule has 0 aromatic heterocycles. The fraction of sp³-hybridized carbons (Fsp3) is 0.0182. The zero-order chi connectivity index (χ0) is 41.0. The highest BCUT2D eigenvalue weighted by Gasteiger charge is 2.40. The summed E-state index contributed by atoms with van der Waals surface area (Å²) < 4.78 is 7.19. The average Bonchev–Trinajstić information content (AvgIpc) is 3.50. The maximum Gasteiger partial charge on any atom is 0.252 e. The number of ether oxygens (including phenoxy) is 1. The van der Waals surface area contributed by atoms with Crippen LogP contribution in [0.2, 0.25) is 0 Å². The molecule has 0 aliphatic carbocycles. The third-order valence-corrected chi connectivity index (χ3v) is 14.2. The summed E-state index contributed by atoms with van der Waals surface area (Å²) in [6.45, 7) is -0.0963. The van der Waals surface area contributed by atoms with Crippen molar-refractivity contribution in [2.45, 2.75) is 20.4 Å². The minimum Gasteiger partial charge on any atom is -0.458 e. The lowest BCUT2D eigenvalue weighted by molar-refractivity contribution is 0.486. The molecule has 62 heavy (non-hydrogen) atoms. The Balaban J connectivity index is 1.08. The van der Waals surface area contributed by atoms with Gasteiger partial charge in [-0.05, 0) is 126 Å². The molecular weight excluding hydrogens is 794 g/mol. The molecule has 0 bridgehead atoms. The summed E-state index contributed by atoms with van der Waals surface area (Å²) in [5, 5.41) is 0. The van der Waals surface area contributed by atoms with Crippen LogP contribution in [0.25, 0.3) is 0 Å². The Hall–Kier alpha value is -7.06. The van der Waals surface area contributed by atoms with Crippen LogP contribution in [0.5, 0.6) is 11.5 Å². The second kappa shape index (κ2) is 15.4. The molecule has 3 aliphatic heterocycles. The van der Waals surface area contributed by atoms with Crippen LogP contribution in [-0.4, -0.2) is 6.71 Å². The molecule has 3 heterocycles. The Morgan fingerprint density at radius 2 is 0.903 bits per heavy atom. The molecule has 0 amide bonds. The van der Waals surface area contributed by atoms with Crippen molar-refractivity contribution in [2.24, 2.45) is 0 Å². The molecule has 4 nitrogen and oxygen atoms in total. The van der Waals surface area contributed by atoms with E-state index in [0.29, 0.717) is 0 Å². The van der Waals surface area contributed by atoms with Crippen LogP contribution in [0.1, 0.15) is 5.56 Å². The summed E-state index contributed by atoms with van der Waals surface area (Å²) in [4.78, 5) is 10.8. The third kappa shape index (κ3) is 6.35. The molecule has 0 atom stereocenters. The molecule has 7 heteroatoms. The van der Waals surface area contributed by atoms with Gasteiger partial charge in [-0.3, -0.25) is 0 Å². The van der Waals surface area contributed by atoms with Crippen LogP contribution in [0.15, 0.2) is 233 Å². The predicted molar refractivity (Wildman–Crippen MR) is 262 cm³/mol. The maximum atomic E-state index is 7.19. The monoisotopic (exact) mass is 831 g/mol. The van der Waals surface area contributed by atoms with Crippen LogP contribution in [-0.2, 0) is 5.75 Å². The number of para-hydroxylation sites is 6. The highest BCUT2D eigenvalue weighted by atomic mass is 32.2. The van der Waals surface area contributed by atoms with E-state index in [1.807, 2.05) is 23.5 Å². The highest BCUT2D eigenvalue weighted by molar-refractivity contribution is 7.99. The van der Waals surface area contributed by atoms with Crippen molar-refractivity contribution in [3.05, 3.63) is 224 Å². The van der Waals surface area contributed by atoms with Crippen LogP contribution in [0.3, 0.4) is 0 Å². The topological polar surface area (TPSA) is 19.0 Å². The summed E-state index contributed by atoms with van der Waals surface area (Å²) in [5.74, 6) is 2.60. The molecule has 0 spiro atoms. The van der Waals surface area contributed by atoms with Crippen molar-refractivity contribution in [1.29, 1.82) is 0 Å². The molecule has 3 aliphatic rings. The molecule has 0 fully saturated rings. The van der Waals surface area contributed by atoms with Gasteiger partial charge in [-0.2, -0.15) is 0 Å². The Bertz CT molecular complexity index is 2990. The van der Waals surface area contributed by atoms with Gasteiger partial charge in [0.15, 0.2) is 0 Å². The second-order valence-electron chi connectivity index (χ2n) is 15.7. The van der Waals surface area contributed by atoms with Gasteiger partial charge in [0, 0.05) is 60.6 Å². The number of nitrogens with zero attached hydrogens (tertiary/aromatic N) is 3. The van der Waals surface area contributed by atoms with Crippen molar-refractivity contribution >= 4 is 97.8 Å². The molecule has 0 saturated carbocycles. The van der Waals surface area contributed by atoms with Crippen LogP contribution in [0, 0.1) is 0 Å². The van der Waals surface area contributed by atoms with Crippen LogP contribution >= 0.6 is 23.5 Å². The lowest BCUT2D eigenvalue weighted by atomic mass is 9.35. The Labute approximate surface area is 371 Å². The first-order valence-corrected chi connectivity index (χ1v) is 22.8. The number of hydrogen-bond acceptors (Lipinski definition) is 6. The Morgan fingerprint density at radius 3 is 1.45 bits per heavy atom. The molecule has 0 N–H and O–H groups in total. The molecule has 294 valence electrons. The summed E-state index contributed by atoms with van der Waals surface area (Å²) in [7, 11) is 0. The van der Waals surface area contributed by atoms with Gasteiger partial charge in [0.25, 0.3) is 6.71 Å². The first kappa shape index (κ1) is 36.8. The van der Waals surface area contributed by atoms with E-state index in [2.05, 4.69) is 233 Å². The van der Waals surface area contributed by atoms with Gasteiger partial charge in [-0.15, -0.1) is 11.8 Å². The lowest BCUT2D eigenvalue weighted by Gasteiger charge is -2.35. The van der Waals surface area contributed by atoms with E-state index in [1.54, 1.807) is 0 Å². The SMILES string of the molecule is c1ccc(N(c2ccccc2)c2ccc3c(c2)B2c4cc(N(c5ccccc5)c5ccccc5)ccc4Oc4cc(N5c6ccccc6Sc6ccccc65)cc(c42)SC3)cc1. The number of fused-ring (bicyclic) bond motifs is 6.